The van der Waals surface area contributed by atoms with Crippen molar-refractivity contribution < 1.29 is 19.8 Å². The first-order chi connectivity index (χ1) is 18.6. The Morgan fingerprint density at radius 2 is 1.74 bits per heavy atom. The largest absolute Gasteiger partial charge is 0.494 e. The zero-order chi connectivity index (χ0) is 28.1. The molecule has 0 atom stereocenters. The van der Waals surface area contributed by atoms with Gasteiger partial charge < -0.3 is 25.0 Å². The molecular formula is C30H31BrN4O4. The lowest BCUT2D eigenvalue weighted by atomic mass is 9.98. The molecule has 0 radical (unpaired) electrons. The number of carbonyl (C=O) groups is 2. The van der Waals surface area contributed by atoms with E-state index in [0.717, 1.165) is 38.7 Å². The van der Waals surface area contributed by atoms with Crippen molar-refractivity contribution in [3.8, 4) is 5.88 Å². The van der Waals surface area contributed by atoms with Crippen molar-refractivity contribution in [3.05, 3.63) is 87.9 Å². The average molecular weight is 592 g/mol. The van der Waals surface area contributed by atoms with Crippen LogP contribution in [0.5, 0.6) is 5.88 Å². The molecule has 0 spiro atoms. The normalized spacial score (nSPS) is 11.8. The number of carboxylic acid groups (broad SMARTS) is 1. The van der Waals surface area contributed by atoms with E-state index in [1.807, 2.05) is 85.7 Å². The summed E-state index contributed by atoms with van der Waals surface area (Å²) in [6.07, 6.45) is 0.399. The monoisotopic (exact) mass is 590 g/mol. The molecular weight excluding hydrogens is 560 g/mol. The van der Waals surface area contributed by atoms with Gasteiger partial charge >= 0.3 is 5.97 Å². The number of aliphatic imine (C=N–C) groups is 1. The number of nitrogens with one attached hydrogen (secondary N) is 1. The second-order valence-corrected chi connectivity index (χ2v) is 10.5. The van der Waals surface area contributed by atoms with Crippen molar-refractivity contribution in [1.82, 2.24) is 9.88 Å². The van der Waals surface area contributed by atoms with Crippen LogP contribution < -0.4 is 4.90 Å². The van der Waals surface area contributed by atoms with E-state index in [1.165, 1.54) is 0 Å². The summed E-state index contributed by atoms with van der Waals surface area (Å²) < 4.78 is 0.872. The highest BCUT2D eigenvalue weighted by Gasteiger charge is 2.20. The fourth-order valence-corrected chi connectivity index (χ4v) is 4.75. The molecule has 3 N–H and O–H groups in total. The number of hydrogen-bond donors (Lipinski definition) is 3. The first kappa shape index (κ1) is 28.1. The van der Waals surface area contributed by atoms with E-state index in [1.54, 1.807) is 11.8 Å². The van der Waals surface area contributed by atoms with Gasteiger partial charge in [0.1, 0.15) is 0 Å². The Morgan fingerprint density at radius 3 is 2.41 bits per heavy atom. The number of likely N-dealkylation sites (N-methyl/N-ethyl adjacent to an activating group) is 1. The van der Waals surface area contributed by atoms with Crippen molar-refractivity contribution in [2.75, 3.05) is 32.1 Å². The number of aromatic amines is 1. The molecule has 0 aliphatic heterocycles. The number of halogens is 1. The van der Waals surface area contributed by atoms with Gasteiger partial charge in [-0.1, -0.05) is 40.2 Å². The number of rotatable bonds is 10. The first-order valence-electron chi connectivity index (χ1n) is 12.6. The van der Waals surface area contributed by atoms with Gasteiger partial charge in [0.15, 0.2) is 5.88 Å². The van der Waals surface area contributed by atoms with Crippen LogP contribution in [0.1, 0.15) is 30.0 Å². The lowest BCUT2D eigenvalue weighted by molar-refractivity contribution is -0.137. The zero-order valence-electron chi connectivity index (χ0n) is 22.1. The fraction of sp³-hybridized carbons (Fsp3) is 0.233. The van der Waals surface area contributed by atoms with Crippen molar-refractivity contribution in [2.24, 2.45) is 4.99 Å². The van der Waals surface area contributed by atoms with Crippen molar-refractivity contribution in [3.63, 3.8) is 0 Å². The van der Waals surface area contributed by atoms with Crippen molar-refractivity contribution in [2.45, 2.75) is 19.8 Å². The predicted molar refractivity (Wildman–Crippen MR) is 158 cm³/mol. The predicted octanol–water partition coefficient (Wildman–Crippen LogP) is 5.74. The SMILES string of the molecule is CC(=O)N(CCN(C)C)c1ccc(N=C(c2cccc(CCC(=O)O)c2)c2c(O)[nH]c3cc(Br)ccc23)cc1. The number of carboxylic acids is 1. The van der Waals surface area contributed by atoms with Crippen LogP contribution in [0, 0.1) is 0 Å². The van der Waals surface area contributed by atoms with E-state index in [0.29, 0.717) is 29.9 Å². The van der Waals surface area contributed by atoms with Crippen LogP contribution in [-0.4, -0.2) is 64.9 Å². The van der Waals surface area contributed by atoms with E-state index < -0.39 is 5.97 Å². The van der Waals surface area contributed by atoms with Crippen LogP contribution in [0.15, 0.2) is 76.2 Å². The summed E-state index contributed by atoms with van der Waals surface area (Å²) in [7, 11) is 3.93. The maximum atomic E-state index is 12.3. The molecule has 39 heavy (non-hydrogen) atoms. The average Bonchev–Trinajstić information content (AvgIpc) is 3.21. The number of H-pyrrole nitrogens is 1. The minimum atomic E-state index is -0.862. The number of aromatic nitrogens is 1. The van der Waals surface area contributed by atoms with Gasteiger partial charge in [-0.2, -0.15) is 0 Å². The zero-order valence-corrected chi connectivity index (χ0v) is 23.7. The summed E-state index contributed by atoms with van der Waals surface area (Å²) in [5.74, 6) is -0.915. The summed E-state index contributed by atoms with van der Waals surface area (Å²) in [6.45, 7) is 2.85. The Balaban J connectivity index is 1.80. The van der Waals surface area contributed by atoms with Crippen molar-refractivity contribution >= 4 is 55.8 Å². The highest BCUT2D eigenvalue weighted by Crippen LogP contribution is 2.33. The van der Waals surface area contributed by atoms with E-state index in [2.05, 4.69) is 20.9 Å². The maximum absolute atomic E-state index is 12.3. The number of benzene rings is 3. The minimum absolute atomic E-state index is 0.0131. The Bertz CT molecular complexity index is 1530. The molecule has 8 nitrogen and oxygen atoms in total. The van der Waals surface area contributed by atoms with Crippen LogP contribution >= 0.6 is 15.9 Å². The third-order valence-electron chi connectivity index (χ3n) is 6.36. The standard InChI is InChI=1S/C30H31BrN4O4/c1-19(36)35(16-15-34(2)3)24-11-9-23(10-12-24)32-29(21-6-4-5-20(17-21)7-14-27(37)38)28-25-13-8-22(31)18-26(25)33-30(28)39/h4-6,8-13,17-18,33,39H,7,14-16H2,1-3H3,(H,37,38). The molecule has 0 aliphatic rings. The topological polar surface area (TPSA) is 109 Å². The lowest BCUT2D eigenvalue weighted by Gasteiger charge is -2.23. The molecule has 1 aromatic heterocycles. The molecule has 1 heterocycles. The van der Waals surface area contributed by atoms with Gasteiger partial charge in [-0.3, -0.25) is 9.59 Å². The molecule has 4 aromatic rings. The molecule has 9 heteroatoms. The van der Waals surface area contributed by atoms with Crippen LogP contribution in [0.2, 0.25) is 0 Å². The van der Waals surface area contributed by atoms with Gasteiger partial charge in [-0.15, -0.1) is 0 Å². The summed E-state index contributed by atoms with van der Waals surface area (Å²) in [5, 5.41) is 20.9. The number of carbonyl (C=O) groups excluding carboxylic acids is 1. The van der Waals surface area contributed by atoms with Crippen LogP contribution in [0.25, 0.3) is 10.9 Å². The Labute approximate surface area is 235 Å². The van der Waals surface area contributed by atoms with Gasteiger partial charge in [0.05, 0.1) is 22.5 Å². The second-order valence-electron chi connectivity index (χ2n) is 9.58. The van der Waals surface area contributed by atoms with Crippen molar-refractivity contribution in [1.29, 1.82) is 0 Å². The molecule has 0 saturated carbocycles. The van der Waals surface area contributed by atoms with Crippen LogP contribution in [0.4, 0.5) is 11.4 Å². The molecule has 3 aromatic carbocycles. The Hall–Kier alpha value is -3.95. The fourth-order valence-electron chi connectivity index (χ4n) is 4.39. The van der Waals surface area contributed by atoms with Gasteiger partial charge in [0.25, 0.3) is 0 Å². The highest BCUT2D eigenvalue weighted by molar-refractivity contribution is 9.10. The number of aryl methyl sites for hydroxylation is 1. The van der Waals surface area contributed by atoms with E-state index in [-0.39, 0.29) is 18.2 Å². The molecule has 1 amide bonds. The molecule has 4 rings (SSSR count). The summed E-state index contributed by atoms with van der Waals surface area (Å²) in [4.78, 5) is 35.2. The van der Waals surface area contributed by atoms with E-state index in [4.69, 9.17) is 10.1 Å². The van der Waals surface area contributed by atoms with Gasteiger partial charge in [-0.05, 0) is 68.5 Å². The third kappa shape index (κ3) is 6.93. The van der Waals surface area contributed by atoms with E-state index >= 15 is 0 Å². The number of nitrogens with zero attached hydrogens (tertiary/aromatic N) is 3. The number of aliphatic carboxylic acids is 1. The quantitative estimate of drug-likeness (QED) is 0.204. The lowest BCUT2D eigenvalue weighted by Crippen LogP contribution is -2.35. The summed E-state index contributed by atoms with van der Waals surface area (Å²) in [5.41, 5.74) is 4.87. The molecule has 202 valence electrons. The molecule has 0 saturated heterocycles. The number of fused-ring (bicyclic) bond motifs is 1. The number of hydrogen-bond acceptors (Lipinski definition) is 5. The third-order valence-corrected chi connectivity index (χ3v) is 6.85. The molecule has 0 fully saturated rings. The number of anilines is 1. The highest BCUT2D eigenvalue weighted by atomic mass is 79.9. The summed E-state index contributed by atoms with van der Waals surface area (Å²) >= 11 is 3.48. The Morgan fingerprint density at radius 1 is 1.00 bits per heavy atom. The summed E-state index contributed by atoms with van der Waals surface area (Å²) in [6, 6.07) is 20.7. The Kier molecular flexibility index (Phi) is 8.83. The molecule has 0 bridgehead atoms. The smallest absolute Gasteiger partial charge is 0.303 e. The number of aromatic hydroxyl groups is 1. The maximum Gasteiger partial charge on any atom is 0.303 e. The minimum Gasteiger partial charge on any atom is -0.494 e. The molecule has 0 unspecified atom stereocenters. The van der Waals surface area contributed by atoms with E-state index in [9.17, 15) is 14.7 Å². The number of amides is 1. The molecule has 0 aliphatic carbocycles. The van der Waals surface area contributed by atoms with Crippen LogP contribution in [-0.2, 0) is 16.0 Å². The van der Waals surface area contributed by atoms with Gasteiger partial charge in [0, 0.05) is 47.5 Å². The van der Waals surface area contributed by atoms with Gasteiger partial charge in [-0.25, -0.2) is 4.99 Å². The van der Waals surface area contributed by atoms with Gasteiger partial charge in [0.2, 0.25) is 5.91 Å². The second kappa shape index (κ2) is 12.3. The first-order valence-corrected chi connectivity index (χ1v) is 13.3. The van der Waals surface area contributed by atoms with Crippen LogP contribution in [0.3, 0.4) is 0 Å².